The molecule has 21 heavy (non-hydrogen) atoms. The molecule has 2 rings (SSSR count). The Hall–Kier alpha value is -2.13. The molecule has 0 bridgehead atoms. The lowest BCUT2D eigenvalue weighted by Crippen LogP contribution is -2.00. The van der Waals surface area contributed by atoms with E-state index in [1.54, 1.807) is 0 Å². The predicted octanol–water partition coefficient (Wildman–Crippen LogP) is 4.90. The summed E-state index contributed by atoms with van der Waals surface area (Å²) in [7, 11) is 0. The van der Waals surface area contributed by atoms with Crippen LogP contribution in [0, 0.1) is 19.7 Å². The lowest BCUT2D eigenvalue weighted by atomic mass is 10.0. The number of ketones is 1. The van der Waals surface area contributed by atoms with Crippen LogP contribution in [0.15, 0.2) is 48.7 Å². The zero-order valence-corrected chi connectivity index (χ0v) is 12.5. The fourth-order valence-corrected chi connectivity index (χ4v) is 2.13. The van der Waals surface area contributed by atoms with Crippen LogP contribution in [-0.2, 0) is 0 Å². The van der Waals surface area contributed by atoms with Gasteiger partial charge in [-0.3, -0.25) is 4.79 Å². The number of carbonyl (C=O) groups excluding carboxylic acids is 1. The third kappa shape index (κ3) is 3.92. The molecule has 0 saturated carbocycles. The first-order valence-corrected chi connectivity index (χ1v) is 6.85. The van der Waals surface area contributed by atoms with Crippen LogP contribution in [0.5, 0.6) is 0 Å². The summed E-state index contributed by atoms with van der Waals surface area (Å²) in [5.74, 6) is -0.497. The van der Waals surface area contributed by atoms with Gasteiger partial charge in [-0.25, -0.2) is 4.39 Å². The number of carbonyl (C=O) groups is 1. The first kappa shape index (κ1) is 15.3. The highest BCUT2D eigenvalue weighted by atomic mass is 35.5. The molecule has 0 fully saturated rings. The monoisotopic (exact) mass is 303 g/mol. The van der Waals surface area contributed by atoms with Crippen LogP contribution < -0.4 is 5.32 Å². The number of hydrogen-bond donors (Lipinski definition) is 1. The summed E-state index contributed by atoms with van der Waals surface area (Å²) in [4.78, 5) is 12.1. The third-order valence-electron chi connectivity index (χ3n) is 3.06. The van der Waals surface area contributed by atoms with Crippen molar-refractivity contribution in [2.75, 3.05) is 5.32 Å². The molecule has 1 N–H and O–H groups in total. The van der Waals surface area contributed by atoms with Gasteiger partial charge in [0.25, 0.3) is 0 Å². The molecule has 2 aromatic carbocycles. The molecule has 0 aliphatic heterocycles. The van der Waals surface area contributed by atoms with E-state index in [0.29, 0.717) is 11.3 Å². The molecule has 0 amide bonds. The summed E-state index contributed by atoms with van der Waals surface area (Å²) in [5, 5.41) is 3.14. The summed E-state index contributed by atoms with van der Waals surface area (Å²) >= 11 is 5.89. The van der Waals surface area contributed by atoms with Crippen molar-refractivity contribution in [2.45, 2.75) is 13.8 Å². The highest BCUT2D eigenvalue weighted by Crippen LogP contribution is 2.22. The van der Waals surface area contributed by atoms with Crippen LogP contribution in [0.4, 0.5) is 10.1 Å². The molecule has 2 nitrogen and oxygen atoms in total. The van der Waals surface area contributed by atoms with Crippen LogP contribution in [0.2, 0.25) is 5.02 Å². The van der Waals surface area contributed by atoms with Gasteiger partial charge in [0.1, 0.15) is 5.82 Å². The summed E-state index contributed by atoms with van der Waals surface area (Å²) in [6.45, 7) is 3.83. The minimum absolute atomic E-state index is 0.0954. The maximum atomic E-state index is 12.9. The maximum Gasteiger partial charge on any atom is 0.187 e. The third-order valence-corrected chi connectivity index (χ3v) is 3.38. The molecule has 0 aliphatic carbocycles. The molecule has 4 heteroatoms. The van der Waals surface area contributed by atoms with Crippen molar-refractivity contribution in [3.63, 3.8) is 0 Å². The van der Waals surface area contributed by atoms with Gasteiger partial charge in [0.15, 0.2) is 5.78 Å². The van der Waals surface area contributed by atoms with E-state index in [4.69, 9.17) is 11.6 Å². The molecule has 0 saturated heterocycles. The van der Waals surface area contributed by atoms with Crippen molar-refractivity contribution in [1.29, 1.82) is 0 Å². The van der Waals surface area contributed by atoms with Gasteiger partial charge in [-0.05, 0) is 43.7 Å². The molecule has 0 spiro atoms. The van der Waals surface area contributed by atoms with Crippen molar-refractivity contribution in [3.8, 4) is 0 Å². The van der Waals surface area contributed by atoms with E-state index in [1.807, 2.05) is 32.0 Å². The number of rotatable bonds is 4. The first-order valence-electron chi connectivity index (χ1n) is 6.47. The minimum atomic E-state index is -0.402. The Balaban J connectivity index is 2.10. The maximum absolute atomic E-state index is 12.9. The predicted molar refractivity (Wildman–Crippen MR) is 84.4 cm³/mol. The van der Waals surface area contributed by atoms with Gasteiger partial charge >= 0.3 is 0 Å². The SMILES string of the molecule is Cc1ccc(C)c(C(=O)/C=C/Nc2ccc(F)cc2Cl)c1. The Kier molecular flexibility index (Phi) is 4.76. The Morgan fingerprint density at radius 2 is 1.95 bits per heavy atom. The summed E-state index contributed by atoms with van der Waals surface area (Å²) in [6, 6.07) is 9.77. The number of halogens is 2. The van der Waals surface area contributed by atoms with Gasteiger partial charge in [-0.1, -0.05) is 29.3 Å². The zero-order valence-electron chi connectivity index (χ0n) is 11.8. The molecule has 0 aliphatic rings. The molecule has 2 aromatic rings. The normalized spacial score (nSPS) is 10.9. The van der Waals surface area contributed by atoms with E-state index < -0.39 is 5.82 Å². The van der Waals surface area contributed by atoms with Gasteiger partial charge in [-0.2, -0.15) is 0 Å². The second-order valence-electron chi connectivity index (χ2n) is 4.78. The summed E-state index contributed by atoms with van der Waals surface area (Å²) < 4.78 is 12.9. The van der Waals surface area contributed by atoms with E-state index in [0.717, 1.165) is 11.1 Å². The smallest absolute Gasteiger partial charge is 0.187 e. The molecular weight excluding hydrogens is 289 g/mol. The number of benzene rings is 2. The average Bonchev–Trinajstić information content (AvgIpc) is 2.43. The molecule has 0 atom stereocenters. The molecule has 0 unspecified atom stereocenters. The number of anilines is 1. The molecule has 0 aromatic heterocycles. The van der Waals surface area contributed by atoms with E-state index >= 15 is 0 Å². The van der Waals surface area contributed by atoms with Crippen LogP contribution in [0.25, 0.3) is 0 Å². The van der Waals surface area contributed by atoms with E-state index in [1.165, 1.54) is 30.5 Å². The van der Waals surface area contributed by atoms with E-state index in [9.17, 15) is 9.18 Å². The second kappa shape index (κ2) is 6.55. The van der Waals surface area contributed by atoms with Crippen molar-refractivity contribution in [1.82, 2.24) is 0 Å². The first-order chi connectivity index (χ1) is 9.97. The second-order valence-corrected chi connectivity index (χ2v) is 5.19. The van der Waals surface area contributed by atoms with Gasteiger partial charge < -0.3 is 5.32 Å². The fourth-order valence-electron chi connectivity index (χ4n) is 1.90. The van der Waals surface area contributed by atoms with Crippen LogP contribution >= 0.6 is 11.6 Å². The van der Waals surface area contributed by atoms with Crippen molar-refractivity contribution in [2.24, 2.45) is 0 Å². The van der Waals surface area contributed by atoms with E-state index in [-0.39, 0.29) is 10.8 Å². The van der Waals surface area contributed by atoms with Crippen molar-refractivity contribution >= 4 is 23.1 Å². The van der Waals surface area contributed by atoms with Gasteiger partial charge in [-0.15, -0.1) is 0 Å². The molecule has 0 heterocycles. The van der Waals surface area contributed by atoms with Crippen LogP contribution in [0.3, 0.4) is 0 Å². The quantitative estimate of drug-likeness (QED) is 0.642. The summed E-state index contributed by atoms with van der Waals surface area (Å²) in [6.07, 6.45) is 2.94. The van der Waals surface area contributed by atoms with Gasteiger partial charge in [0, 0.05) is 17.8 Å². The highest BCUT2D eigenvalue weighted by molar-refractivity contribution is 6.33. The van der Waals surface area contributed by atoms with Crippen LogP contribution in [-0.4, -0.2) is 5.78 Å². The Bertz CT molecular complexity index is 710. The lowest BCUT2D eigenvalue weighted by Gasteiger charge is -2.05. The minimum Gasteiger partial charge on any atom is -0.360 e. The van der Waals surface area contributed by atoms with Gasteiger partial charge in [0.05, 0.1) is 10.7 Å². The Morgan fingerprint density at radius 3 is 2.67 bits per heavy atom. The van der Waals surface area contributed by atoms with Crippen molar-refractivity contribution in [3.05, 3.63) is 76.2 Å². The topological polar surface area (TPSA) is 29.1 Å². The van der Waals surface area contributed by atoms with Gasteiger partial charge in [0.2, 0.25) is 0 Å². The van der Waals surface area contributed by atoms with E-state index in [2.05, 4.69) is 5.32 Å². The standard InChI is InChI=1S/C17H15ClFNO/c1-11-3-4-12(2)14(9-11)17(21)7-8-20-16-6-5-13(19)10-15(16)18/h3-10,20H,1-2H3/b8-7+. The highest BCUT2D eigenvalue weighted by Gasteiger charge is 2.06. The molecule has 108 valence electrons. The number of aryl methyl sites for hydroxylation is 2. The van der Waals surface area contributed by atoms with Crippen LogP contribution in [0.1, 0.15) is 21.5 Å². The number of nitrogens with one attached hydrogen (secondary N) is 1. The lowest BCUT2D eigenvalue weighted by molar-refractivity contribution is 0.104. The zero-order chi connectivity index (χ0) is 15.4. The Morgan fingerprint density at radius 1 is 1.19 bits per heavy atom. The Labute approximate surface area is 128 Å². The van der Waals surface area contributed by atoms with Crippen molar-refractivity contribution < 1.29 is 9.18 Å². The molecular formula is C17H15ClFNO. The number of allylic oxidation sites excluding steroid dienone is 1. The average molecular weight is 304 g/mol. The molecule has 0 radical (unpaired) electrons. The fraction of sp³-hybridized carbons (Fsp3) is 0.118. The summed E-state index contributed by atoms with van der Waals surface area (Å²) in [5.41, 5.74) is 3.17. The largest absolute Gasteiger partial charge is 0.360 e. The number of hydrogen-bond acceptors (Lipinski definition) is 2.